The van der Waals surface area contributed by atoms with Gasteiger partial charge in [-0.3, -0.25) is 4.79 Å². The highest BCUT2D eigenvalue weighted by atomic mass is 32.1. The van der Waals surface area contributed by atoms with E-state index in [4.69, 9.17) is 5.73 Å². The van der Waals surface area contributed by atoms with Crippen molar-refractivity contribution in [3.05, 3.63) is 35.2 Å². The summed E-state index contributed by atoms with van der Waals surface area (Å²) in [5, 5.41) is 3.13. The molecule has 1 aromatic heterocycles. The molecule has 2 aromatic rings. The number of hydrogen-bond donors (Lipinski definition) is 1. The van der Waals surface area contributed by atoms with Crippen LogP contribution >= 0.6 is 11.3 Å². The van der Waals surface area contributed by atoms with Crippen LogP contribution < -0.4 is 5.73 Å². The minimum atomic E-state index is -0.757. The molecule has 3 heteroatoms. The number of fused-ring (bicyclic) bond motifs is 1. The van der Waals surface area contributed by atoms with Crippen LogP contribution in [0.3, 0.4) is 0 Å². The monoisotopic (exact) mass is 247 g/mol. The van der Waals surface area contributed by atoms with Gasteiger partial charge in [-0.1, -0.05) is 25.5 Å². The summed E-state index contributed by atoms with van der Waals surface area (Å²) in [6, 6.07) is 7.85. The summed E-state index contributed by atoms with van der Waals surface area (Å²) < 4.78 is 1.05. The van der Waals surface area contributed by atoms with Crippen LogP contribution in [-0.4, -0.2) is 11.3 Å². The first-order valence-electron chi connectivity index (χ1n) is 5.86. The Morgan fingerprint density at radius 2 is 2.18 bits per heavy atom. The average Bonchev–Trinajstić information content (AvgIpc) is 2.75. The van der Waals surface area contributed by atoms with E-state index in [9.17, 15) is 4.79 Å². The van der Waals surface area contributed by atoms with Crippen molar-refractivity contribution in [1.29, 1.82) is 0 Å². The molecule has 0 saturated carbocycles. The van der Waals surface area contributed by atoms with Gasteiger partial charge < -0.3 is 5.73 Å². The molecule has 0 aliphatic heterocycles. The maximum absolute atomic E-state index is 12.4. The number of benzene rings is 1. The predicted octanol–water partition coefficient (Wildman–Crippen LogP) is 3.60. The Kier molecular flexibility index (Phi) is 3.31. The number of thiophene rings is 1. The minimum Gasteiger partial charge on any atom is -0.319 e. The zero-order valence-electron chi connectivity index (χ0n) is 10.2. The molecule has 1 heterocycles. The van der Waals surface area contributed by atoms with E-state index in [0.29, 0.717) is 6.42 Å². The van der Waals surface area contributed by atoms with Gasteiger partial charge in [-0.25, -0.2) is 0 Å². The standard InChI is InChI=1S/C14H17NOS/c1-3-8-14(2,15)13(16)11-6-4-5-10-7-9-17-12(10)11/h4-7,9H,3,8,15H2,1-2H3. The van der Waals surface area contributed by atoms with Crippen LogP contribution in [0.5, 0.6) is 0 Å². The number of carbonyl (C=O) groups is 1. The smallest absolute Gasteiger partial charge is 0.183 e. The van der Waals surface area contributed by atoms with Crippen LogP contribution in [0.15, 0.2) is 29.6 Å². The third-order valence-electron chi connectivity index (χ3n) is 3.01. The molecule has 0 amide bonds. The van der Waals surface area contributed by atoms with Gasteiger partial charge in [0.1, 0.15) is 0 Å². The summed E-state index contributed by atoms with van der Waals surface area (Å²) in [7, 11) is 0. The summed E-state index contributed by atoms with van der Waals surface area (Å²) in [6.45, 7) is 3.87. The van der Waals surface area contributed by atoms with Crippen molar-refractivity contribution in [1.82, 2.24) is 0 Å². The first-order chi connectivity index (χ1) is 8.06. The van der Waals surface area contributed by atoms with E-state index >= 15 is 0 Å². The van der Waals surface area contributed by atoms with E-state index in [1.165, 1.54) is 0 Å². The normalized spacial score (nSPS) is 14.8. The molecular formula is C14H17NOS. The molecule has 0 fully saturated rings. The van der Waals surface area contributed by atoms with Gasteiger partial charge >= 0.3 is 0 Å². The lowest BCUT2D eigenvalue weighted by Crippen LogP contribution is -2.44. The zero-order chi connectivity index (χ0) is 12.5. The van der Waals surface area contributed by atoms with Gasteiger partial charge in [-0.15, -0.1) is 11.3 Å². The molecule has 2 rings (SSSR count). The van der Waals surface area contributed by atoms with Crippen molar-refractivity contribution < 1.29 is 4.79 Å². The lowest BCUT2D eigenvalue weighted by atomic mass is 9.88. The van der Waals surface area contributed by atoms with E-state index < -0.39 is 5.54 Å². The summed E-state index contributed by atoms with van der Waals surface area (Å²) in [4.78, 5) is 12.4. The van der Waals surface area contributed by atoms with Gasteiger partial charge in [0.2, 0.25) is 0 Å². The van der Waals surface area contributed by atoms with Gasteiger partial charge in [0.25, 0.3) is 0 Å². The molecule has 2 N–H and O–H groups in total. The van der Waals surface area contributed by atoms with Crippen LogP contribution in [-0.2, 0) is 0 Å². The van der Waals surface area contributed by atoms with Crippen LogP contribution in [0.4, 0.5) is 0 Å². The first kappa shape index (κ1) is 12.3. The van der Waals surface area contributed by atoms with E-state index in [-0.39, 0.29) is 5.78 Å². The Balaban J connectivity index is 2.46. The molecule has 0 bridgehead atoms. The molecule has 2 nitrogen and oxygen atoms in total. The molecule has 1 atom stereocenters. The summed E-state index contributed by atoms with van der Waals surface area (Å²) in [5.74, 6) is 0.0485. The maximum atomic E-state index is 12.4. The fourth-order valence-electron chi connectivity index (χ4n) is 2.11. The van der Waals surface area contributed by atoms with Crippen LogP contribution in [0.1, 0.15) is 37.0 Å². The minimum absolute atomic E-state index is 0.0485. The van der Waals surface area contributed by atoms with Crippen molar-refractivity contribution in [2.24, 2.45) is 5.73 Å². The van der Waals surface area contributed by atoms with Crippen LogP contribution in [0, 0.1) is 0 Å². The number of nitrogens with two attached hydrogens (primary N) is 1. The fourth-order valence-corrected chi connectivity index (χ4v) is 3.02. The Morgan fingerprint density at radius 3 is 2.88 bits per heavy atom. The molecule has 0 aliphatic rings. The molecule has 17 heavy (non-hydrogen) atoms. The van der Waals surface area contributed by atoms with Crippen molar-refractivity contribution in [3.63, 3.8) is 0 Å². The highest BCUT2D eigenvalue weighted by molar-refractivity contribution is 7.17. The Bertz CT molecular complexity index is 542. The second-order valence-electron chi connectivity index (χ2n) is 4.64. The molecule has 0 aliphatic carbocycles. The van der Waals surface area contributed by atoms with Crippen molar-refractivity contribution in [3.8, 4) is 0 Å². The molecule has 0 radical (unpaired) electrons. The SMILES string of the molecule is CCCC(C)(N)C(=O)c1cccc2ccsc12. The number of Topliss-reactive ketones (excluding diaryl/α,β-unsaturated/α-hetero) is 1. The van der Waals surface area contributed by atoms with E-state index in [1.807, 2.05) is 43.5 Å². The van der Waals surface area contributed by atoms with E-state index in [2.05, 4.69) is 0 Å². The van der Waals surface area contributed by atoms with Crippen molar-refractivity contribution in [2.45, 2.75) is 32.2 Å². The van der Waals surface area contributed by atoms with Gasteiger partial charge in [0, 0.05) is 10.3 Å². The number of hydrogen-bond acceptors (Lipinski definition) is 3. The number of carbonyl (C=O) groups excluding carboxylic acids is 1. The molecule has 0 saturated heterocycles. The fraction of sp³-hybridized carbons (Fsp3) is 0.357. The third-order valence-corrected chi connectivity index (χ3v) is 3.98. The second-order valence-corrected chi connectivity index (χ2v) is 5.56. The largest absolute Gasteiger partial charge is 0.319 e. The predicted molar refractivity (Wildman–Crippen MR) is 73.7 cm³/mol. The van der Waals surface area contributed by atoms with Gasteiger partial charge in [-0.2, -0.15) is 0 Å². The number of ketones is 1. The first-order valence-corrected chi connectivity index (χ1v) is 6.74. The Labute approximate surface area is 105 Å². The second kappa shape index (κ2) is 4.59. The molecule has 90 valence electrons. The van der Waals surface area contributed by atoms with Crippen molar-refractivity contribution >= 4 is 27.2 Å². The topological polar surface area (TPSA) is 43.1 Å². The van der Waals surface area contributed by atoms with Gasteiger partial charge in [0.05, 0.1) is 5.54 Å². The summed E-state index contributed by atoms with van der Waals surface area (Å²) >= 11 is 1.60. The maximum Gasteiger partial charge on any atom is 0.183 e. The molecule has 1 aromatic carbocycles. The molecular weight excluding hydrogens is 230 g/mol. The highest BCUT2D eigenvalue weighted by Gasteiger charge is 2.29. The quantitative estimate of drug-likeness (QED) is 0.839. The zero-order valence-corrected chi connectivity index (χ0v) is 11.0. The van der Waals surface area contributed by atoms with E-state index in [0.717, 1.165) is 22.1 Å². The molecule has 1 unspecified atom stereocenters. The summed E-state index contributed by atoms with van der Waals surface area (Å²) in [5.41, 5.74) is 6.12. The summed E-state index contributed by atoms with van der Waals surface area (Å²) in [6.07, 6.45) is 1.63. The lowest BCUT2D eigenvalue weighted by molar-refractivity contribution is 0.0895. The Morgan fingerprint density at radius 1 is 1.41 bits per heavy atom. The van der Waals surface area contributed by atoms with Crippen LogP contribution in [0.25, 0.3) is 10.1 Å². The van der Waals surface area contributed by atoms with Gasteiger partial charge in [0.15, 0.2) is 5.78 Å². The third kappa shape index (κ3) is 2.26. The molecule has 0 spiro atoms. The van der Waals surface area contributed by atoms with E-state index in [1.54, 1.807) is 11.3 Å². The average molecular weight is 247 g/mol. The van der Waals surface area contributed by atoms with Gasteiger partial charge in [-0.05, 0) is 36.2 Å². The van der Waals surface area contributed by atoms with Crippen LogP contribution in [0.2, 0.25) is 0 Å². The highest BCUT2D eigenvalue weighted by Crippen LogP contribution is 2.28. The lowest BCUT2D eigenvalue weighted by Gasteiger charge is -2.22. The number of rotatable bonds is 4. The Hall–Kier alpha value is -1.19. The van der Waals surface area contributed by atoms with Crippen molar-refractivity contribution in [2.75, 3.05) is 0 Å².